The van der Waals surface area contributed by atoms with Gasteiger partial charge in [0.1, 0.15) is 79.9 Å². The first-order chi connectivity index (χ1) is 64.7. The molecule has 4 aromatic rings. The van der Waals surface area contributed by atoms with Gasteiger partial charge in [0, 0.05) is 108 Å². The average molecular weight is 1980 g/mol. The van der Waals surface area contributed by atoms with Crippen LogP contribution in [0.1, 0.15) is 145 Å². The fourth-order valence-electron chi connectivity index (χ4n) is 23.8. The molecule has 0 aromatic heterocycles. The first-order valence-corrected chi connectivity index (χ1v) is 44.9. The Morgan fingerprint density at radius 3 is 1.21 bits per heavy atom. The summed E-state index contributed by atoms with van der Waals surface area (Å²) in [4.78, 5) is 169. The lowest BCUT2D eigenvalue weighted by Gasteiger charge is -2.53. The van der Waals surface area contributed by atoms with Crippen LogP contribution in [0.15, 0.2) is 104 Å². The van der Waals surface area contributed by atoms with E-state index in [0.29, 0.717) is 33.6 Å². The van der Waals surface area contributed by atoms with Gasteiger partial charge in [0.15, 0.2) is 85.1 Å². The highest BCUT2D eigenvalue weighted by Gasteiger charge is 2.72. The minimum atomic E-state index is -2.84. The number of aliphatic hydroxyl groups is 14. The zero-order valence-corrected chi connectivity index (χ0v) is 81.1. The molecule has 16 rings (SSSR count). The van der Waals surface area contributed by atoms with E-state index in [1.54, 1.807) is 85.2 Å². The van der Waals surface area contributed by atoms with E-state index in [-0.39, 0.29) is 106 Å². The molecule has 4 saturated carbocycles. The number of hydrogen-bond donors (Lipinski definition) is 19. The van der Waals surface area contributed by atoms with Crippen molar-refractivity contribution >= 4 is 127 Å². The van der Waals surface area contributed by atoms with E-state index < -0.39 is 278 Å². The van der Waals surface area contributed by atoms with E-state index in [0.717, 1.165) is 27.7 Å². The highest BCUT2D eigenvalue weighted by atomic mass is 35.5. The van der Waals surface area contributed by atoms with Crippen LogP contribution in [0.25, 0.3) is 33.1 Å². The van der Waals surface area contributed by atoms with Gasteiger partial charge in [0.25, 0.3) is 5.39 Å². The van der Waals surface area contributed by atoms with Crippen LogP contribution in [0.3, 0.4) is 0 Å². The Morgan fingerprint density at radius 1 is 0.468 bits per heavy atom. The smallest absolute Gasteiger partial charge is 0.428 e. The van der Waals surface area contributed by atoms with Crippen LogP contribution in [0.5, 0.6) is 23.0 Å². The summed E-state index contributed by atoms with van der Waals surface area (Å²) < 4.78 is 0. The molecular formula is C99H116ClN11O30+2. The van der Waals surface area contributed by atoms with Crippen molar-refractivity contribution in [2.24, 2.45) is 47.3 Å². The quantitative estimate of drug-likeness (QED) is 0.0316. The molecule has 12 aliphatic carbocycles. The Bertz CT molecular complexity index is 6660. The van der Waals surface area contributed by atoms with Crippen molar-refractivity contribution in [3.63, 3.8) is 0 Å². The molecule has 0 spiro atoms. The number of phenolic OH excluding ortho intramolecular Hbond substituents is 4. The number of anilines is 3. The number of phenols is 4. The molecule has 752 valence electrons. The van der Waals surface area contributed by atoms with Gasteiger partial charge >= 0.3 is 10.8 Å². The summed E-state index contributed by atoms with van der Waals surface area (Å²) in [6.07, 6.45) is -1.38. The fourth-order valence-corrected chi connectivity index (χ4v) is 24.1. The van der Waals surface area contributed by atoms with Crippen molar-refractivity contribution in [3.05, 3.63) is 169 Å². The van der Waals surface area contributed by atoms with E-state index in [4.69, 9.17) is 17.0 Å². The molecular weight excluding hydrogens is 1860 g/mol. The predicted molar refractivity (Wildman–Crippen MR) is 507 cm³/mol. The van der Waals surface area contributed by atoms with Gasteiger partial charge in [0.2, 0.25) is 34.3 Å². The first-order valence-electron chi connectivity index (χ1n) is 44.5. The normalized spacial score (nSPS) is 30.1. The molecule has 0 heterocycles. The van der Waals surface area contributed by atoms with Crippen molar-refractivity contribution in [1.29, 1.82) is 10.8 Å². The number of carbonyl (C=O) groups is 12. The summed E-state index contributed by atoms with van der Waals surface area (Å²) in [5.41, 5.74) is -12.4. The third-order valence-electron chi connectivity index (χ3n) is 30.0. The summed E-state index contributed by atoms with van der Waals surface area (Å²) >= 11 is 6.29. The highest BCUT2D eigenvalue weighted by Crippen LogP contribution is 2.63. The molecule has 0 radical (unpaired) electrons. The van der Waals surface area contributed by atoms with Crippen molar-refractivity contribution in [2.45, 2.75) is 171 Å². The van der Waals surface area contributed by atoms with Crippen LogP contribution in [0, 0.1) is 58.1 Å². The van der Waals surface area contributed by atoms with E-state index >= 15 is 0 Å². The van der Waals surface area contributed by atoms with Crippen molar-refractivity contribution in [2.75, 3.05) is 99.8 Å². The number of carbonyl (C=O) groups excluding carboxylic acids is 12. The number of fused-ring (bicyclic) bond motifs is 12. The second-order valence-electron chi connectivity index (χ2n) is 40.4. The Labute approximate surface area is 813 Å². The minimum Gasteiger partial charge on any atom is -0.508 e. The molecule has 0 amide bonds. The van der Waals surface area contributed by atoms with Gasteiger partial charge in [-0.1, -0.05) is 58.9 Å². The van der Waals surface area contributed by atoms with Gasteiger partial charge < -0.3 is 102 Å². The Kier molecular flexibility index (Phi) is 27.4. The lowest BCUT2D eigenvalue weighted by Crippen LogP contribution is -2.70. The number of aromatic hydroxyl groups is 4. The summed E-state index contributed by atoms with van der Waals surface area (Å²) in [6.45, 7) is 12.9. The number of nitrogens with zero attached hydrogens (tertiary/aromatic N) is 10. The van der Waals surface area contributed by atoms with Gasteiger partial charge in [-0.3, -0.25) is 77.1 Å². The maximum Gasteiger partial charge on any atom is 0.428 e. The summed E-state index contributed by atoms with van der Waals surface area (Å²) in [5.74, 6) is -28.1. The molecule has 4 aromatic carbocycles. The molecule has 19 N–H and O–H groups in total. The fraction of sp³-hybridized carbons (Fsp3) is 0.475. The summed E-state index contributed by atoms with van der Waals surface area (Å²) in [6, 6.07) is 4.34. The number of rotatable bonds is 11. The van der Waals surface area contributed by atoms with Gasteiger partial charge in [-0.15, -0.1) is 0 Å². The Balaban J connectivity index is 0.000000168. The van der Waals surface area contributed by atoms with Crippen LogP contribution < -0.4 is 15.2 Å². The number of Topliss-reactive ketones (excluding diaryl/α,β-unsaturated/α-hetero) is 12. The number of hydrogen-bond acceptors (Lipinski definition) is 39. The standard InChI is InChI=1S/C27H33NO8.C24H27N5O7.C24H26N4O7.C23H24ClNO8.CH4/c1-10-12-8-9-13(26(3,4)5)20(30)16(12)21(31)17-14(10)22(32)18-19(28(6)7)23(33)15(11(2)29)24(34)27(18,36)25(17)35;1-9(30)15-21(33)18(29(4)5)12-7-10-6-11-14(28(2)3)8-13(26-27-25)19(31)17(11)20(32)16(10)23(35)24(12,36)22(15)34;1-9(29)15-21(32)18(28(4)5)12-7-10-6-11-14(27(2)3)8-13(26-25)19(30)17(11)20(31)16(10)23(34)24(12,35)22(15)33;1-8(26)13-19(29)17(25(3)4)10-7-9-14(21(31)23(10,33)20(13)30)18(28)15-12(27)6-5-11(24)16(15)22(9,2)32;/h8-10,14,18-19,22,30-32,34,36H,1-7H3;8,10,12,18,25,36H,6-7H2,1-5H3,(H2,30,32,33,34,35);8,10,12,18,35H,6-7H2,1-5H3,(H2-,29,30,31,32,33,34);5-6,9-10,17,27-28,30,32-33H,7H2,1-4H3;1H4/p+2/t;;;9?,10?,17-,22?,23?;/m...1./s1. The van der Waals surface area contributed by atoms with Crippen molar-refractivity contribution in [3.8, 4) is 23.0 Å². The number of halogens is 1. The maximum absolute atomic E-state index is 14.0. The lowest BCUT2D eigenvalue weighted by molar-refractivity contribution is -0.169. The second kappa shape index (κ2) is 36.3. The van der Waals surface area contributed by atoms with Crippen molar-refractivity contribution in [1.82, 2.24) is 19.6 Å². The minimum absolute atomic E-state index is 0. The molecule has 19 atom stereocenters. The monoisotopic (exact) mass is 1970 g/mol. The molecule has 0 aliphatic heterocycles. The van der Waals surface area contributed by atoms with Crippen LogP contribution in [-0.2, 0) is 81.4 Å². The lowest BCUT2D eigenvalue weighted by atomic mass is 9.54. The first kappa shape index (κ1) is 106. The number of benzene rings is 4. The number of nitrogens with one attached hydrogen (secondary N) is 1. The van der Waals surface area contributed by atoms with Crippen LogP contribution in [0.2, 0.25) is 5.02 Å². The molecule has 18 unspecified atom stereocenters. The zero-order valence-electron chi connectivity index (χ0n) is 80.4. The zero-order chi connectivity index (χ0) is 105. The molecule has 0 bridgehead atoms. The number of aliphatic hydroxyl groups excluding tert-OH is 9. The Morgan fingerprint density at radius 2 is 0.830 bits per heavy atom. The topological polar surface area (TPSA) is 657 Å². The van der Waals surface area contributed by atoms with Gasteiger partial charge in [-0.05, 0) is 187 Å². The van der Waals surface area contributed by atoms with Gasteiger partial charge in [-0.25, -0.2) is 0 Å². The molecule has 4 fully saturated rings. The van der Waals surface area contributed by atoms with E-state index in [2.05, 4.69) is 15.5 Å². The summed E-state index contributed by atoms with van der Waals surface area (Å²) in [7, 11) is 19.3. The maximum atomic E-state index is 14.0. The third-order valence-corrected chi connectivity index (χ3v) is 30.4. The third kappa shape index (κ3) is 15.2. The molecule has 141 heavy (non-hydrogen) atoms. The largest absolute Gasteiger partial charge is 0.508 e. The average Bonchev–Trinajstić information content (AvgIpc) is 0.628. The van der Waals surface area contributed by atoms with Crippen LogP contribution in [0.4, 0.5) is 22.7 Å². The number of ketones is 12. The van der Waals surface area contributed by atoms with E-state index in [1.807, 2.05) is 20.8 Å². The van der Waals surface area contributed by atoms with Crippen LogP contribution >= 0.6 is 11.6 Å². The number of likely N-dealkylation sites (N-methyl/N-ethyl adjacent to an activating group) is 4. The van der Waals surface area contributed by atoms with Crippen LogP contribution in [-0.4, -0.2) is 318 Å². The van der Waals surface area contributed by atoms with Gasteiger partial charge in [0.05, 0.1) is 70.1 Å². The predicted octanol–water partition coefficient (Wildman–Crippen LogP) is 6.85. The molecule has 0 saturated heterocycles. The molecule has 12 aliphatic rings. The highest BCUT2D eigenvalue weighted by molar-refractivity contribution is 6.32. The van der Waals surface area contributed by atoms with E-state index in [9.17, 15) is 155 Å². The van der Waals surface area contributed by atoms with E-state index in [1.165, 1.54) is 79.0 Å². The van der Waals surface area contributed by atoms with Crippen molar-refractivity contribution < 1.29 is 149 Å². The Hall–Kier alpha value is -13.4. The van der Waals surface area contributed by atoms with Gasteiger partial charge in [-0.2, -0.15) is 0 Å². The number of diazo groups is 2. The summed E-state index contributed by atoms with van der Waals surface area (Å²) in [5, 5.41) is 223. The molecule has 41 nitrogen and oxygen atoms in total. The molecule has 42 heteroatoms. The second-order valence-corrected chi connectivity index (χ2v) is 40.8. The SMILES string of the molecule is C.CC(=O)C1=C(O)C2(O)C(=O)C3=C(O)c4c(O)c(N[N+]#N)cc(N(C)C)c4CC3CC2C(N(C)C)C1=O.CC(=O)C1=C(O)C2(O)C(=O)C3=C(O)c4c(O)c([N+]#N)cc(N(C)C)c4CC3CC2C(N(C)C)C1=O.CC(=O)C1=C(O)C2(O)C(=O)C3=C(O)c4c(O)ccc(Cl)c4C(C)(O)C3CC2[C@@H](N(C)C)C1=O.CC(=O)C1=C(O)C2(O)C(=O)C3=C(O)c4c(ccc(C(C)(C)C)c4O)C(C)C3C(O)C2C(N(C)C)C1=O.